The number of halogens is 1. The lowest BCUT2D eigenvalue weighted by atomic mass is 10.1. The molecule has 2 aromatic carbocycles. The molecular weight excluding hydrogens is 464 g/mol. The van der Waals surface area contributed by atoms with Gasteiger partial charge in [0.2, 0.25) is 11.8 Å². The third-order valence-electron chi connectivity index (χ3n) is 5.94. The Bertz CT molecular complexity index is 1120. The van der Waals surface area contributed by atoms with Crippen LogP contribution in [0.5, 0.6) is 5.75 Å². The lowest BCUT2D eigenvalue weighted by Gasteiger charge is -2.29. The van der Waals surface area contributed by atoms with E-state index in [4.69, 9.17) is 16.3 Å². The molecule has 182 valence electrons. The first kappa shape index (κ1) is 24.7. The molecule has 2 N–H and O–H groups in total. The van der Waals surface area contributed by atoms with Gasteiger partial charge in [0.25, 0.3) is 0 Å². The van der Waals surface area contributed by atoms with Gasteiger partial charge in [0.15, 0.2) is 0 Å². The van der Waals surface area contributed by atoms with Crippen molar-refractivity contribution in [3.05, 3.63) is 89.1 Å². The van der Waals surface area contributed by atoms with Gasteiger partial charge in [-0.1, -0.05) is 54.1 Å². The number of hydrogen-bond donors (Lipinski definition) is 2. The molecule has 0 bridgehead atoms. The van der Waals surface area contributed by atoms with Crippen LogP contribution >= 0.6 is 11.6 Å². The highest BCUT2D eigenvalue weighted by Crippen LogP contribution is 2.20. The van der Waals surface area contributed by atoms with Crippen LogP contribution in [0.2, 0.25) is 5.02 Å². The average molecular weight is 493 g/mol. The Hall–Kier alpha value is -3.42. The van der Waals surface area contributed by atoms with Crippen LogP contribution in [0.15, 0.2) is 72.9 Å². The van der Waals surface area contributed by atoms with Gasteiger partial charge < -0.3 is 20.3 Å². The molecule has 1 aliphatic heterocycles. The number of anilines is 1. The molecule has 8 heteroatoms. The lowest BCUT2D eigenvalue weighted by Crippen LogP contribution is -2.42. The van der Waals surface area contributed by atoms with Gasteiger partial charge in [-0.15, -0.1) is 0 Å². The second-order valence-corrected chi connectivity index (χ2v) is 9.03. The predicted octanol–water partition coefficient (Wildman–Crippen LogP) is 4.25. The van der Waals surface area contributed by atoms with Crippen LogP contribution in [-0.4, -0.2) is 47.9 Å². The molecule has 0 spiro atoms. The van der Waals surface area contributed by atoms with Gasteiger partial charge in [-0.25, -0.2) is 4.98 Å². The maximum atomic E-state index is 13.2. The number of ether oxygens (including phenoxy) is 1. The zero-order valence-corrected chi connectivity index (χ0v) is 20.4. The van der Waals surface area contributed by atoms with E-state index in [0.29, 0.717) is 42.5 Å². The van der Waals surface area contributed by atoms with Crippen molar-refractivity contribution in [2.24, 2.45) is 0 Å². The summed E-state index contributed by atoms with van der Waals surface area (Å²) in [7, 11) is 1.78. The van der Waals surface area contributed by atoms with Crippen LogP contribution in [0.1, 0.15) is 30.0 Å². The maximum absolute atomic E-state index is 13.2. The first-order valence-electron chi connectivity index (χ1n) is 11.7. The number of carbonyl (C=O) groups is 2. The summed E-state index contributed by atoms with van der Waals surface area (Å²) in [5.74, 6) is 0.992. The highest BCUT2D eigenvalue weighted by atomic mass is 35.5. The fourth-order valence-corrected chi connectivity index (χ4v) is 4.13. The molecule has 0 saturated carbocycles. The van der Waals surface area contributed by atoms with Gasteiger partial charge in [-0.2, -0.15) is 0 Å². The number of aromatic nitrogens is 1. The Morgan fingerprint density at radius 2 is 1.91 bits per heavy atom. The summed E-state index contributed by atoms with van der Waals surface area (Å²) in [4.78, 5) is 30.9. The number of piperidine rings is 1. The Labute approximate surface area is 210 Å². The average Bonchev–Trinajstić information content (AvgIpc) is 2.87. The van der Waals surface area contributed by atoms with Gasteiger partial charge in [0.1, 0.15) is 23.7 Å². The van der Waals surface area contributed by atoms with Crippen LogP contribution in [0.4, 0.5) is 5.82 Å². The Morgan fingerprint density at radius 3 is 2.60 bits per heavy atom. The highest BCUT2D eigenvalue weighted by Gasteiger charge is 2.24. The van der Waals surface area contributed by atoms with Gasteiger partial charge in [0, 0.05) is 25.0 Å². The van der Waals surface area contributed by atoms with Crippen LogP contribution in [0.3, 0.4) is 0 Å². The molecule has 0 aliphatic carbocycles. The minimum absolute atomic E-state index is 0.0627. The van der Waals surface area contributed by atoms with Gasteiger partial charge >= 0.3 is 0 Å². The first-order valence-corrected chi connectivity index (χ1v) is 12.1. The van der Waals surface area contributed by atoms with Crippen molar-refractivity contribution in [3.8, 4) is 5.75 Å². The van der Waals surface area contributed by atoms with Crippen LogP contribution in [-0.2, 0) is 16.0 Å². The number of pyridine rings is 1. The number of carbonyl (C=O) groups excluding carboxylic acids is 2. The number of likely N-dealkylation sites (N-methyl/N-ethyl adjacent to an activating group) is 1. The van der Waals surface area contributed by atoms with E-state index in [9.17, 15) is 9.59 Å². The fraction of sp³-hybridized carbons (Fsp3) is 0.296. The summed E-state index contributed by atoms with van der Waals surface area (Å²) in [5, 5.41) is 6.97. The third kappa shape index (κ3) is 7.04. The van der Waals surface area contributed by atoms with Gasteiger partial charge in [-0.05, 0) is 48.2 Å². The number of benzene rings is 2. The number of nitrogens with one attached hydrogen (secondary N) is 2. The Balaban J connectivity index is 1.36. The minimum Gasteiger partial charge on any atom is -0.487 e. The minimum atomic E-state index is -0.531. The zero-order valence-electron chi connectivity index (χ0n) is 19.6. The van der Waals surface area contributed by atoms with Gasteiger partial charge in [-0.3, -0.25) is 9.59 Å². The number of hydrogen-bond acceptors (Lipinski definition) is 5. The van der Waals surface area contributed by atoms with Crippen molar-refractivity contribution < 1.29 is 14.3 Å². The van der Waals surface area contributed by atoms with Crippen molar-refractivity contribution in [2.45, 2.75) is 31.4 Å². The molecule has 3 aromatic rings. The summed E-state index contributed by atoms with van der Waals surface area (Å²) in [6.45, 7) is 1.17. The molecule has 2 atom stereocenters. The summed E-state index contributed by atoms with van der Waals surface area (Å²) in [6.07, 6.45) is 3.46. The van der Waals surface area contributed by atoms with E-state index < -0.39 is 6.04 Å². The Morgan fingerprint density at radius 1 is 1.14 bits per heavy atom. The molecule has 2 amide bonds. The van der Waals surface area contributed by atoms with Crippen molar-refractivity contribution in [3.63, 3.8) is 0 Å². The second-order valence-electron chi connectivity index (χ2n) is 8.60. The van der Waals surface area contributed by atoms with Crippen molar-refractivity contribution in [2.75, 3.05) is 25.5 Å². The SMILES string of the molecule is CN1C[C@@H](Oc2ccc(NC(=O)C(NCCc3ccc(Cl)cc3)c3ccccc3)nc2)CCC1=O. The standard InChI is InChI=1S/C27H29ClN4O3/c1-32-18-23(12-14-25(32)33)35-22-11-13-24(30-17-22)31-27(34)26(20-5-3-2-4-6-20)29-16-15-19-7-9-21(28)10-8-19/h2-11,13,17,23,26,29H,12,14-16,18H2,1H3,(H,30,31,34)/t23-,26?/m0/s1. The normalized spacial score (nSPS) is 16.6. The quantitative estimate of drug-likeness (QED) is 0.466. The molecule has 1 unspecified atom stereocenters. The molecule has 1 aromatic heterocycles. The first-order chi connectivity index (χ1) is 17.0. The summed E-state index contributed by atoms with van der Waals surface area (Å²) in [5.41, 5.74) is 2.01. The molecule has 2 heterocycles. The molecular formula is C27H29ClN4O3. The van der Waals surface area contributed by atoms with Gasteiger partial charge in [0.05, 0.1) is 12.7 Å². The van der Waals surface area contributed by atoms with Crippen molar-refractivity contribution >= 4 is 29.2 Å². The molecule has 4 rings (SSSR count). The summed E-state index contributed by atoms with van der Waals surface area (Å²) >= 11 is 5.97. The van der Waals surface area contributed by atoms with E-state index in [1.54, 1.807) is 30.3 Å². The van der Waals surface area contributed by atoms with E-state index in [-0.39, 0.29) is 17.9 Å². The number of nitrogens with zero attached hydrogens (tertiary/aromatic N) is 2. The van der Waals surface area contributed by atoms with E-state index >= 15 is 0 Å². The van der Waals surface area contributed by atoms with Crippen molar-refractivity contribution in [1.82, 2.24) is 15.2 Å². The molecule has 0 radical (unpaired) electrons. The summed E-state index contributed by atoms with van der Waals surface area (Å²) in [6, 6.07) is 20.3. The van der Waals surface area contributed by atoms with E-state index in [1.165, 1.54) is 0 Å². The largest absolute Gasteiger partial charge is 0.487 e. The second kappa shape index (κ2) is 11.8. The number of amides is 2. The zero-order chi connectivity index (χ0) is 24.6. The van der Waals surface area contributed by atoms with E-state index in [2.05, 4.69) is 15.6 Å². The highest BCUT2D eigenvalue weighted by molar-refractivity contribution is 6.30. The molecule has 1 fully saturated rings. The van der Waals surface area contributed by atoms with Crippen LogP contribution in [0.25, 0.3) is 0 Å². The van der Waals surface area contributed by atoms with E-state index in [0.717, 1.165) is 17.5 Å². The molecule has 1 saturated heterocycles. The monoisotopic (exact) mass is 492 g/mol. The van der Waals surface area contributed by atoms with Crippen LogP contribution in [0, 0.1) is 0 Å². The Kier molecular flexibility index (Phi) is 8.34. The maximum Gasteiger partial charge on any atom is 0.247 e. The molecule has 1 aliphatic rings. The predicted molar refractivity (Wildman–Crippen MR) is 136 cm³/mol. The number of rotatable bonds is 9. The topological polar surface area (TPSA) is 83.6 Å². The smallest absolute Gasteiger partial charge is 0.247 e. The third-order valence-corrected chi connectivity index (χ3v) is 6.20. The molecule has 35 heavy (non-hydrogen) atoms. The van der Waals surface area contributed by atoms with Crippen LogP contribution < -0.4 is 15.4 Å². The summed E-state index contributed by atoms with van der Waals surface area (Å²) < 4.78 is 5.96. The molecule has 7 nitrogen and oxygen atoms in total. The van der Waals surface area contributed by atoms with E-state index in [1.807, 2.05) is 54.6 Å². The van der Waals surface area contributed by atoms with Crippen molar-refractivity contribution in [1.29, 1.82) is 0 Å². The number of likely N-dealkylation sites (tertiary alicyclic amines) is 1. The lowest BCUT2D eigenvalue weighted by molar-refractivity contribution is -0.134. The fourth-order valence-electron chi connectivity index (χ4n) is 4.00.